The third-order valence-electron chi connectivity index (χ3n) is 6.16. The first kappa shape index (κ1) is 22.3. The van der Waals surface area contributed by atoms with Crippen LogP contribution >= 0.6 is 0 Å². The normalized spacial score (nSPS) is 20.7. The van der Waals surface area contributed by atoms with Gasteiger partial charge in [-0.2, -0.15) is 0 Å². The molecule has 4 nitrogen and oxygen atoms in total. The van der Waals surface area contributed by atoms with Crippen molar-refractivity contribution in [2.24, 2.45) is 5.41 Å². The van der Waals surface area contributed by atoms with Crippen molar-refractivity contribution in [3.05, 3.63) is 57.9 Å². The molecule has 1 aliphatic carbocycles. The number of hydrogen-bond donors (Lipinski definition) is 1. The minimum atomic E-state index is -0.366. The van der Waals surface area contributed by atoms with Gasteiger partial charge in [0.25, 0.3) is 0 Å². The number of carbonyl (C=O) groups is 2. The zero-order valence-electron chi connectivity index (χ0n) is 19.1. The van der Waals surface area contributed by atoms with Crippen molar-refractivity contribution in [3.63, 3.8) is 0 Å². The highest BCUT2D eigenvalue weighted by Crippen LogP contribution is 2.46. The summed E-state index contributed by atoms with van der Waals surface area (Å²) >= 11 is 0. The van der Waals surface area contributed by atoms with Gasteiger partial charge in [0, 0.05) is 29.3 Å². The van der Waals surface area contributed by atoms with Crippen molar-refractivity contribution >= 4 is 11.8 Å². The first-order chi connectivity index (χ1) is 14.3. The fraction of sp³-hybridized carbons (Fsp3) is 0.538. The molecule has 0 radical (unpaired) electrons. The van der Waals surface area contributed by atoms with E-state index in [-0.39, 0.29) is 23.1 Å². The number of nitrogens with one attached hydrogen (secondary N) is 1. The van der Waals surface area contributed by atoms with E-state index in [1.54, 1.807) is 0 Å². The molecule has 3 rings (SSSR count). The molecule has 2 aliphatic rings. The second-order valence-corrected chi connectivity index (χ2v) is 9.37. The molecule has 0 spiro atoms. The average Bonchev–Trinajstić information content (AvgIpc) is 2.69. The van der Waals surface area contributed by atoms with E-state index in [0.29, 0.717) is 18.6 Å². The van der Waals surface area contributed by atoms with Gasteiger partial charge in [-0.3, -0.25) is 4.79 Å². The van der Waals surface area contributed by atoms with E-state index in [2.05, 4.69) is 57.3 Å². The molecule has 1 atom stereocenters. The maximum absolute atomic E-state index is 13.3. The molecular formula is C26H35NO3. The van der Waals surface area contributed by atoms with Crippen LogP contribution in [0.2, 0.25) is 0 Å². The Balaban J connectivity index is 2.02. The molecule has 4 heteroatoms. The summed E-state index contributed by atoms with van der Waals surface area (Å²) in [5, 5.41) is 3.40. The molecule has 0 aromatic heterocycles. The quantitative estimate of drug-likeness (QED) is 0.471. The number of ketones is 1. The lowest BCUT2D eigenvalue weighted by molar-refractivity contribution is -0.139. The topological polar surface area (TPSA) is 55.4 Å². The Labute approximate surface area is 180 Å². The van der Waals surface area contributed by atoms with E-state index in [1.165, 1.54) is 5.56 Å². The molecule has 162 valence electrons. The average molecular weight is 410 g/mol. The molecule has 0 amide bonds. The first-order valence-corrected chi connectivity index (χ1v) is 11.3. The molecule has 1 heterocycles. The van der Waals surface area contributed by atoms with E-state index in [0.717, 1.165) is 54.6 Å². The Morgan fingerprint density at radius 3 is 2.47 bits per heavy atom. The van der Waals surface area contributed by atoms with E-state index in [9.17, 15) is 9.59 Å². The highest BCUT2D eigenvalue weighted by Gasteiger charge is 2.43. The van der Waals surface area contributed by atoms with Crippen molar-refractivity contribution < 1.29 is 14.3 Å². The third-order valence-corrected chi connectivity index (χ3v) is 6.16. The second kappa shape index (κ2) is 9.20. The fourth-order valence-corrected chi connectivity index (χ4v) is 4.58. The summed E-state index contributed by atoms with van der Waals surface area (Å²) in [6.07, 6.45) is 5.22. The number of unbranched alkanes of at least 4 members (excludes halogenated alkanes) is 2. The predicted octanol–water partition coefficient (Wildman–Crippen LogP) is 5.59. The minimum absolute atomic E-state index is 0.0853. The summed E-state index contributed by atoms with van der Waals surface area (Å²) in [5.41, 5.74) is 5.20. The highest BCUT2D eigenvalue weighted by atomic mass is 16.5. The zero-order valence-corrected chi connectivity index (χ0v) is 19.1. The molecule has 1 aliphatic heterocycles. The summed E-state index contributed by atoms with van der Waals surface area (Å²) in [6, 6.07) is 8.30. The Bertz CT molecular complexity index is 874. The zero-order chi connectivity index (χ0) is 21.9. The number of allylic oxidation sites excluding steroid dienone is 3. The van der Waals surface area contributed by atoms with Crippen molar-refractivity contribution in [2.75, 3.05) is 6.61 Å². The van der Waals surface area contributed by atoms with Gasteiger partial charge in [-0.1, -0.05) is 64.8 Å². The lowest BCUT2D eigenvalue weighted by atomic mass is 9.68. The van der Waals surface area contributed by atoms with Crippen molar-refractivity contribution in [3.8, 4) is 0 Å². The van der Waals surface area contributed by atoms with Crippen LogP contribution in [-0.2, 0) is 20.7 Å². The van der Waals surface area contributed by atoms with Crippen LogP contribution in [0.3, 0.4) is 0 Å². The van der Waals surface area contributed by atoms with Crippen LogP contribution < -0.4 is 5.32 Å². The number of dihydropyridines is 1. The molecular weight excluding hydrogens is 374 g/mol. The van der Waals surface area contributed by atoms with Crippen LogP contribution in [0, 0.1) is 5.41 Å². The van der Waals surface area contributed by atoms with Gasteiger partial charge in [-0.25, -0.2) is 4.79 Å². The van der Waals surface area contributed by atoms with E-state index in [1.807, 2.05) is 6.92 Å². The number of Topliss-reactive ketones (excluding diaryl/α,β-unsaturated/α-hetero) is 1. The highest BCUT2D eigenvalue weighted by molar-refractivity contribution is 6.04. The SMILES string of the molecule is CCCCCOC(=O)C1=C(C)NC2=C(C(=O)CC(C)(C)C2)[C@H]1c1ccc(CC)cc1. The lowest BCUT2D eigenvalue weighted by Crippen LogP contribution is -2.38. The Morgan fingerprint density at radius 1 is 1.13 bits per heavy atom. The maximum atomic E-state index is 13.3. The van der Waals surface area contributed by atoms with Crippen LogP contribution in [-0.4, -0.2) is 18.4 Å². The molecule has 0 unspecified atom stereocenters. The molecule has 1 N–H and O–H groups in total. The second-order valence-electron chi connectivity index (χ2n) is 9.37. The van der Waals surface area contributed by atoms with Gasteiger partial charge in [-0.05, 0) is 42.7 Å². The molecule has 0 fully saturated rings. The Morgan fingerprint density at radius 2 is 1.83 bits per heavy atom. The van der Waals surface area contributed by atoms with Gasteiger partial charge in [0.15, 0.2) is 5.78 Å². The van der Waals surface area contributed by atoms with Gasteiger partial charge in [0.05, 0.1) is 12.2 Å². The molecule has 0 saturated heterocycles. The van der Waals surface area contributed by atoms with E-state index >= 15 is 0 Å². The van der Waals surface area contributed by atoms with Crippen molar-refractivity contribution in [2.45, 2.75) is 79.1 Å². The number of carbonyl (C=O) groups excluding carboxylic acids is 2. The maximum Gasteiger partial charge on any atom is 0.336 e. The number of esters is 1. The van der Waals surface area contributed by atoms with Gasteiger partial charge in [0.1, 0.15) is 0 Å². The summed E-state index contributed by atoms with van der Waals surface area (Å²) in [4.78, 5) is 26.4. The molecule has 1 aromatic carbocycles. The third kappa shape index (κ3) is 4.69. The molecule has 0 saturated carbocycles. The summed E-state index contributed by atoms with van der Waals surface area (Å²) in [5.74, 6) is -0.554. The van der Waals surface area contributed by atoms with E-state index in [4.69, 9.17) is 4.74 Å². The smallest absolute Gasteiger partial charge is 0.336 e. The minimum Gasteiger partial charge on any atom is -0.462 e. The van der Waals surface area contributed by atoms with Gasteiger partial charge in [0.2, 0.25) is 0 Å². The number of ether oxygens (including phenoxy) is 1. The lowest BCUT2D eigenvalue weighted by Gasteiger charge is -2.39. The summed E-state index contributed by atoms with van der Waals surface area (Å²) < 4.78 is 5.64. The molecule has 30 heavy (non-hydrogen) atoms. The largest absolute Gasteiger partial charge is 0.462 e. The van der Waals surface area contributed by atoms with Crippen LogP contribution in [0.5, 0.6) is 0 Å². The van der Waals surface area contributed by atoms with Crippen molar-refractivity contribution in [1.29, 1.82) is 0 Å². The van der Waals surface area contributed by atoms with Crippen LogP contribution in [0.25, 0.3) is 0 Å². The van der Waals surface area contributed by atoms with Gasteiger partial charge >= 0.3 is 5.97 Å². The first-order valence-electron chi connectivity index (χ1n) is 11.3. The summed E-state index contributed by atoms with van der Waals surface area (Å²) in [6.45, 7) is 10.8. The van der Waals surface area contributed by atoms with Gasteiger partial charge in [-0.15, -0.1) is 0 Å². The number of hydrogen-bond acceptors (Lipinski definition) is 4. The molecule has 1 aromatic rings. The fourth-order valence-electron chi connectivity index (χ4n) is 4.58. The Hall–Kier alpha value is -2.36. The molecule has 0 bridgehead atoms. The van der Waals surface area contributed by atoms with Gasteiger partial charge < -0.3 is 10.1 Å². The van der Waals surface area contributed by atoms with Crippen molar-refractivity contribution in [1.82, 2.24) is 5.32 Å². The van der Waals surface area contributed by atoms with Crippen LogP contribution in [0.4, 0.5) is 0 Å². The number of aryl methyl sites for hydroxylation is 1. The standard InChI is InChI=1S/C26H35NO3/c1-6-8-9-14-30-25(29)22-17(3)27-20-15-26(4,5)16-21(28)24(20)23(22)19-12-10-18(7-2)11-13-19/h10-13,23,27H,6-9,14-16H2,1-5H3/t23-/m0/s1. The monoisotopic (exact) mass is 409 g/mol. The number of benzene rings is 1. The van der Waals surface area contributed by atoms with E-state index < -0.39 is 0 Å². The van der Waals surface area contributed by atoms with Crippen LogP contribution in [0.1, 0.15) is 83.8 Å². The summed E-state index contributed by atoms with van der Waals surface area (Å²) in [7, 11) is 0. The number of rotatable bonds is 7. The van der Waals surface area contributed by atoms with Crippen LogP contribution in [0.15, 0.2) is 46.8 Å². The predicted molar refractivity (Wildman–Crippen MR) is 120 cm³/mol. The Kier molecular flexibility index (Phi) is 6.84.